The second-order valence-corrected chi connectivity index (χ2v) is 7.94. The first-order valence-electron chi connectivity index (χ1n) is 10.5. The number of benzene rings is 2. The Bertz CT molecular complexity index is 1040. The summed E-state index contributed by atoms with van der Waals surface area (Å²) in [6.07, 6.45) is 0.521. The molecule has 3 aromatic rings. The van der Waals surface area contributed by atoms with Crippen LogP contribution in [-0.2, 0) is 24.8 Å². The highest BCUT2D eigenvalue weighted by molar-refractivity contribution is 5.24. The highest BCUT2D eigenvalue weighted by Gasteiger charge is 2.25. The first-order valence-corrected chi connectivity index (χ1v) is 10.5. The van der Waals surface area contributed by atoms with E-state index in [1.165, 1.54) is 17.2 Å². The van der Waals surface area contributed by atoms with Gasteiger partial charge < -0.3 is 9.47 Å². The van der Waals surface area contributed by atoms with Gasteiger partial charge in [0.2, 0.25) is 0 Å². The van der Waals surface area contributed by atoms with Crippen LogP contribution >= 0.6 is 0 Å². The topological polar surface area (TPSA) is 39.5 Å². The van der Waals surface area contributed by atoms with Crippen LogP contribution in [0.1, 0.15) is 28.6 Å². The maximum atomic E-state index is 13.3. The third-order valence-electron chi connectivity index (χ3n) is 5.48. The molecule has 7 heteroatoms. The molecule has 0 saturated carbocycles. The molecule has 0 N–H and O–H groups in total. The molecular formula is C24H27F2N3O2. The lowest BCUT2D eigenvalue weighted by Crippen LogP contribution is -2.38. The zero-order chi connectivity index (χ0) is 21.8. The third kappa shape index (κ3) is 5.48. The normalized spacial score (nSPS) is 17.1. The first-order chi connectivity index (χ1) is 15.0. The summed E-state index contributed by atoms with van der Waals surface area (Å²) in [6, 6.07) is 14.2. The van der Waals surface area contributed by atoms with Gasteiger partial charge in [-0.1, -0.05) is 29.8 Å². The lowest BCUT2D eigenvalue weighted by Gasteiger charge is -2.32. The molecule has 1 aromatic heterocycles. The molecule has 0 radical (unpaired) electrons. The molecule has 0 spiro atoms. The number of hydrogen-bond acceptors (Lipinski definition) is 4. The van der Waals surface area contributed by atoms with Gasteiger partial charge in [0, 0.05) is 44.9 Å². The lowest BCUT2D eigenvalue weighted by molar-refractivity contribution is -0.0352. The Morgan fingerprint density at radius 2 is 2.00 bits per heavy atom. The number of aryl methyl sites for hydroxylation is 2. The largest absolute Gasteiger partial charge is 0.493 e. The standard InChI is InChI=1S/C24H27F2N3O2/c1-17-4-3-5-18(12-17)15-29-9-11-31-24(16-29)23-13-19(28(2)27-23)8-10-30-20-6-7-21(25)22(26)14-20/h3-7,12-14,24H,8-11,15-16H2,1-2H3/t24-/m1/s1. The minimum atomic E-state index is -0.912. The Balaban J connectivity index is 1.34. The predicted octanol–water partition coefficient (Wildman–Crippen LogP) is 4.20. The van der Waals surface area contributed by atoms with Crippen molar-refractivity contribution >= 4 is 0 Å². The van der Waals surface area contributed by atoms with E-state index in [1.807, 2.05) is 17.8 Å². The summed E-state index contributed by atoms with van der Waals surface area (Å²) in [5.41, 5.74) is 4.47. The molecule has 0 aliphatic carbocycles. The monoisotopic (exact) mass is 427 g/mol. The lowest BCUT2D eigenvalue weighted by atomic mass is 10.1. The van der Waals surface area contributed by atoms with Crippen LogP contribution in [0.15, 0.2) is 48.5 Å². The number of rotatable bonds is 7. The summed E-state index contributed by atoms with van der Waals surface area (Å²) in [5.74, 6) is -1.48. The van der Waals surface area contributed by atoms with Gasteiger partial charge in [-0.2, -0.15) is 5.10 Å². The summed E-state index contributed by atoms with van der Waals surface area (Å²) >= 11 is 0. The molecule has 0 unspecified atom stereocenters. The number of nitrogens with zero attached hydrogens (tertiary/aromatic N) is 3. The predicted molar refractivity (Wildman–Crippen MR) is 114 cm³/mol. The van der Waals surface area contributed by atoms with Crippen LogP contribution in [0.5, 0.6) is 5.75 Å². The van der Waals surface area contributed by atoms with Crippen molar-refractivity contribution in [3.05, 3.63) is 82.7 Å². The molecule has 2 aromatic carbocycles. The van der Waals surface area contributed by atoms with Gasteiger partial charge in [-0.3, -0.25) is 9.58 Å². The number of ether oxygens (including phenoxy) is 2. The van der Waals surface area contributed by atoms with Crippen molar-refractivity contribution in [2.45, 2.75) is 26.0 Å². The van der Waals surface area contributed by atoms with Gasteiger partial charge in [-0.25, -0.2) is 8.78 Å². The van der Waals surface area contributed by atoms with Gasteiger partial charge in [0.1, 0.15) is 11.9 Å². The number of hydrogen-bond donors (Lipinski definition) is 0. The van der Waals surface area contributed by atoms with Crippen LogP contribution in [-0.4, -0.2) is 41.0 Å². The quantitative estimate of drug-likeness (QED) is 0.567. The molecule has 0 bridgehead atoms. The highest BCUT2D eigenvalue weighted by atomic mass is 19.2. The van der Waals surface area contributed by atoms with E-state index in [9.17, 15) is 8.78 Å². The van der Waals surface area contributed by atoms with E-state index in [4.69, 9.17) is 9.47 Å². The van der Waals surface area contributed by atoms with Gasteiger partial charge in [0.25, 0.3) is 0 Å². The Morgan fingerprint density at radius 3 is 2.81 bits per heavy atom. The molecule has 1 aliphatic heterocycles. The van der Waals surface area contributed by atoms with Crippen molar-refractivity contribution in [3.63, 3.8) is 0 Å². The summed E-state index contributed by atoms with van der Waals surface area (Å²) in [5, 5.41) is 4.64. The molecule has 2 heterocycles. The van der Waals surface area contributed by atoms with Crippen molar-refractivity contribution in [3.8, 4) is 5.75 Å². The van der Waals surface area contributed by atoms with Crippen molar-refractivity contribution in [1.82, 2.24) is 14.7 Å². The summed E-state index contributed by atoms with van der Waals surface area (Å²) in [4.78, 5) is 2.39. The number of halogens is 2. The second kappa shape index (κ2) is 9.58. The van der Waals surface area contributed by atoms with Crippen LogP contribution < -0.4 is 4.74 Å². The first kappa shape index (κ1) is 21.5. The molecule has 1 atom stereocenters. The average Bonchev–Trinajstić information content (AvgIpc) is 3.12. The fourth-order valence-corrected chi connectivity index (χ4v) is 3.86. The van der Waals surface area contributed by atoms with E-state index in [2.05, 4.69) is 41.2 Å². The maximum absolute atomic E-state index is 13.3. The van der Waals surface area contributed by atoms with E-state index in [-0.39, 0.29) is 6.10 Å². The van der Waals surface area contributed by atoms with Crippen molar-refractivity contribution in [2.24, 2.45) is 7.05 Å². The number of aromatic nitrogens is 2. The van der Waals surface area contributed by atoms with Crippen molar-refractivity contribution < 1.29 is 18.3 Å². The van der Waals surface area contributed by atoms with E-state index in [0.29, 0.717) is 25.4 Å². The van der Waals surface area contributed by atoms with Crippen LogP contribution in [0, 0.1) is 18.6 Å². The molecule has 4 rings (SSSR count). The fourth-order valence-electron chi connectivity index (χ4n) is 3.86. The summed E-state index contributed by atoms with van der Waals surface area (Å²) in [7, 11) is 1.89. The zero-order valence-corrected chi connectivity index (χ0v) is 17.9. The number of morpholine rings is 1. The van der Waals surface area contributed by atoms with E-state index < -0.39 is 11.6 Å². The van der Waals surface area contributed by atoms with E-state index in [0.717, 1.165) is 43.2 Å². The molecule has 5 nitrogen and oxygen atoms in total. The van der Waals surface area contributed by atoms with Crippen LogP contribution in [0.4, 0.5) is 8.78 Å². The third-order valence-corrected chi connectivity index (χ3v) is 5.48. The zero-order valence-electron chi connectivity index (χ0n) is 17.9. The van der Waals surface area contributed by atoms with Crippen molar-refractivity contribution in [2.75, 3.05) is 26.3 Å². The highest BCUT2D eigenvalue weighted by Crippen LogP contribution is 2.24. The average molecular weight is 427 g/mol. The summed E-state index contributed by atoms with van der Waals surface area (Å²) < 4.78 is 39.7. The van der Waals surface area contributed by atoms with Crippen LogP contribution in [0.25, 0.3) is 0 Å². The molecule has 1 saturated heterocycles. The van der Waals surface area contributed by atoms with Crippen molar-refractivity contribution in [1.29, 1.82) is 0 Å². The van der Waals surface area contributed by atoms with Gasteiger partial charge in [-0.15, -0.1) is 0 Å². The molecule has 164 valence electrons. The van der Waals surface area contributed by atoms with Gasteiger partial charge in [0.15, 0.2) is 11.6 Å². The molecule has 1 fully saturated rings. The Hall–Kier alpha value is -2.77. The Kier molecular flexibility index (Phi) is 6.63. The molecule has 1 aliphatic rings. The molecular weight excluding hydrogens is 400 g/mol. The van der Waals surface area contributed by atoms with E-state index in [1.54, 1.807) is 0 Å². The van der Waals surface area contributed by atoms with Gasteiger partial charge in [0.05, 0.1) is 18.9 Å². The van der Waals surface area contributed by atoms with Crippen LogP contribution in [0.2, 0.25) is 0 Å². The maximum Gasteiger partial charge on any atom is 0.162 e. The Labute approximate surface area is 181 Å². The smallest absolute Gasteiger partial charge is 0.162 e. The van der Waals surface area contributed by atoms with E-state index >= 15 is 0 Å². The Morgan fingerprint density at radius 1 is 1.13 bits per heavy atom. The minimum absolute atomic E-state index is 0.0781. The summed E-state index contributed by atoms with van der Waals surface area (Å²) in [6.45, 7) is 5.69. The SMILES string of the molecule is Cc1cccc(CN2CCO[C@@H](c3cc(CCOc4ccc(F)c(F)c4)n(C)n3)C2)c1. The molecule has 31 heavy (non-hydrogen) atoms. The van der Waals surface area contributed by atoms with Crippen LogP contribution in [0.3, 0.4) is 0 Å². The second-order valence-electron chi connectivity index (χ2n) is 7.94. The molecule has 0 amide bonds. The van der Waals surface area contributed by atoms with Gasteiger partial charge >= 0.3 is 0 Å². The van der Waals surface area contributed by atoms with Gasteiger partial charge in [-0.05, 0) is 30.7 Å². The fraction of sp³-hybridized carbons (Fsp3) is 0.375. The minimum Gasteiger partial charge on any atom is -0.493 e.